The third kappa shape index (κ3) is 0.703. The molecule has 0 atom stereocenters. The van der Waals surface area contributed by atoms with Gasteiger partial charge in [-0.25, -0.2) is 0 Å². The Hall–Kier alpha value is -1.25. The molecule has 0 bridgehead atoms. The first-order chi connectivity index (χ1) is 3.80. The van der Waals surface area contributed by atoms with Gasteiger partial charge in [0.05, 0.1) is 11.9 Å². The van der Waals surface area contributed by atoms with Crippen molar-refractivity contribution in [1.29, 1.82) is 0 Å². The summed E-state index contributed by atoms with van der Waals surface area (Å²) in [6.45, 7) is 0. The van der Waals surface area contributed by atoms with Crippen LogP contribution in [-0.4, -0.2) is 4.98 Å². The molecule has 0 saturated heterocycles. The van der Waals surface area contributed by atoms with E-state index < -0.39 is 0 Å². The predicted octanol–water partition coefficient (Wildman–Crippen LogP) is 0.808. The minimum atomic E-state index is -0.167. The third-order valence-corrected chi connectivity index (χ3v) is 0.810. The summed E-state index contributed by atoms with van der Waals surface area (Å²) in [5.74, 6) is -0.167. The second kappa shape index (κ2) is 1.69. The van der Waals surface area contributed by atoms with Gasteiger partial charge in [0.15, 0.2) is 0 Å². The van der Waals surface area contributed by atoms with E-state index in [9.17, 15) is 5.11 Å². The van der Waals surface area contributed by atoms with Crippen LogP contribution >= 0.6 is 0 Å². The number of nitrogens with zero attached hydrogens (tertiary/aromatic N) is 1. The maximum Gasteiger partial charge on any atom is 0.204 e. The molecule has 0 aromatic carbocycles. The lowest BCUT2D eigenvalue weighted by Crippen LogP contribution is -1.83. The van der Waals surface area contributed by atoms with E-state index >= 15 is 0 Å². The van der Waals surface area contributed by atoms with Gasteiger partial charge in [0.25, 0.3) is 0 Å². The van der Waals surface area contributed by atoms with Crippen LogP contribution in [0.2, 0.25) is 0 Å². The second-order valence-corrected chi connectivity index (χ2v) is 1.41. The molecule has 0 fully saturated rings. The summed E-state index contributed by atoms with van der Waals surface area (Å²) >= 11 is 0. The average Bonchev–Trinajstić information content (AvgIpc) is 1.77. The van der Waals surface area contributed by atoms with Gasteiger partial charge in [-0.1, -0.05) is 0 Å². The highest BCUT2D eigenvalue weighted by atomic mass is 16.3. The van der Waals surface area contributed by atoms with Gasteiger partial charge in [-0.15, -0.1) is 0 Å². The van der Waals surface area contributed by atoms with Gasteiger partial charge in [-0.3, -0.25) is 10.1 Å². The van der Waals surface area contributed by atoms with Crippen LogP contribution in [0.25, 0.3) is 0 Å². The zero-order chi connectivity index (χ0) is 5.98. The normalized spacial score (nSPS) is 9.00. The summed E-state index contributed by atoms with van der Waals surface area (Å²) in [5, 5.41) is 10.5. The number of aromatic nitrogens is 1. The molecule has 0 unspecified atom stereocenters. The van der Waals surface area contributed by atoms with Crippen molar-refractivity contribution < 1.29 is 5.11 Å². The van der Waals surface area contributed by atoms with Crippen LogP contribution in [0, 0.1) is 0 Å². The number of pyridine rings is 1. The first-order valence-corrected chi connectivity index (χ1v) is 2.17. The monoisotopic (exact) mass is 109 g/mol. The number of hydrogen-bond acceptors (Lipinski definition) is 2. The topological polar surface area (TPSA) is 58.8 Å². The minimum absolute atomic E-state index is 0.167. The molecule has 0 amide bonds. The number of hydrogen-bond donors (Lipinski definition) is 1. The highest BCUT2D eigenvalue weighted by Crippen LogP contribution is 2.15. The molecule has 0 aliphatic rings. The Balaban J connectivity index is 3.13. The Morgan fingerprint density at radius 2 is 2.38 bits per heavy atom. The summed E-state index contributed by atoms with van der Waals surface area (Å²) in [4.78, 5) is 3.62. The minimum Gasteiger partial charge on any atom is -0.394 e. The lowest BCUT2D eigenvalue weighted by Gasteiger charge is -1.88. The predicted molar refractivity (Wildman–Crippen MR) is 28.8 cm³/mol. The molecule has 8 heavy (non-hydrogen) atoms. The molecular formula is C5H5N2O. The SMILES string of the molecule is Nc1cnccc1[O]. The Labute approximate surface area is 46.8 Å². The maximum absolute atomic E-state index is 10.5. The Morgan fingerprint density at radius 1 is 1.62 bits per heavy atom. The molecule has 0 aliphatic heterocycles. The number of nitrogen functional groups attached to an aromatic ring is 1. The average molecular weight is 109 g/mol. The van der Waals surface area contributed by atoms with Crippen LogP contribution in [0.15, 0.2) is 18.5 Å². The lowest BCUT2D eigenvalue weighted by molar-refractivity contribution is 0.357. The zero-order valence-corrected chi connectivity index (χ0v) is 4.16. The Morgan fingerprint density at radius 3 is 2.75 bits per heavy atom. The third-order valence-electron chi connectivity index (χ3n) is 0.810. The Kier molecular flexibility index (Phi) is 1.04. The van der Waals surface area contributed by atoms with Gasteiger partial charge in [0.1, 0.15) is 0 Å². The fourth-order valence-corrected chi connectivity index (χ4v) is 0.394. The van der Waals surface area contributed by atoms with Crippen LogP contribution in [0.5, 0.6) is 5.75 Å². The molecule has 41 valence electrons. The van der Waals surface area contributed by atoms with E-state index in [0.717, 1.165) is 0 Å². The number of anilines is 1. The number of nitrogens with two attached hydrogens (primary N) is 1. The van der Waals surface area contributed by atoms with Crippen molar-refractivity contribution in [3.05, 3.63) is 18.5 Å². The summed E-state index contributed by atoms with van der Waals surface area (Å²) in [6.07, 6.45) is 2.75. The molecule has 0 spiro atoms. The van der Waals surface area contributed by atoms with E-state index in [4.69, 9.17) is 5.73 Å². The van der Waals surface area contributed by atoms with Crippen molar-refractivity contribution in [2.45, 2.75) is 0 Å². The van der Waals surface area contributed by atoms with Crippen molar-refractivity contribution in [3.8, 4) is 5.75 Å². The van der Waals surface area contributed by atoms with Gasteiger partial charge in [0, 0.05) is 12.3 Å². The molecule has 1 heterocycles. The van der Waals surface area contributed by atoms with E-state index in [1.807, 2.05) is 0 Å². The second-order valence-electron chi connectivity index (χ2n) is 1.41. The van der Waals surface area contributed by atoms with Gasteiger partial charge in [-0.05, 0) is 0 Å². The van der Waals surface area contributed by atoms with Gasteiger partial charge in [-0.2, -0.15) is 0 Å². The standard InChI is InChI=1S/C5H5N2O/c6-4-3-7-2-1-5(4)8/h1-3H,6H2. The maximum atomic E-state index is 10.5. The first-order valence-electron chi connectivity index (χ1n) is 2.17. The summed E-state index contributed by atoms with van der Waals surface area (Å²) < 4.78 is 0. The molecule has 1 aromatic rings. The van der Waals surface area contributed by atoms with E-state index in [-0.39, 0.29) is 11.4 Å². The van der Waals surface area contributed by atoms with Crippen molar-refractivity contribution in [1.82, 2.24) is 4.98 Å². The lowest BCUT2D eigenvalue weighted by atomic mass is 10.4. The van der Waals surface area contributed by atoms with Crippen LogP contribution in [-0.2, 0) is 5.11 Å². The molecule has 0 aliphatic carbocycles. The molecule has 2 N–H and O–H groups in total. The molecule has 0 saturated carbocycles. The number of rotatable bonds is 0. The van der Waals surface area contributed by atoms with Gasteiger partial charge < -0.3 is 5.73 Å². The van der Waals surface area contributed by atoms with Gasteiger partial charge in [0.2, 0.25) is 5.75 Å². The molecule has 3 heteroatoms. The van der Waals surface area contributed by atoms with E-state index in [0.29, 0.717) is 0 Å². The highest BCUT2D eigenvalue weighted by molar-refractivity contribution is 5.47. The van der Waals surface area contributed by atoms with Gasteiger partial charge >= 0.3 is 0 Å². The quantitative estimate of drug-likeness (QED) is 0.535. The zero-order valence-electron chi connectivity index (χ0n) is 4.16. The smallest absolute Gasteiger partial charge is 0.204 e. The summed E-state index contributed by atoms with van der Waals surface area (Å²) in [5.41, 5.74) is 5.35. The van der Waals surface area contributed by atoms with Crippen LogP contribution in [0.3, 0.4) is 0 Å². The Bertz CT molecular complexity index is 167. The largest absolute Gasteiger partial charge is 0.394 e. The molecule has 1 aromatic heterocycles. The molecule has 1 radical (unpaired) electrons. The van der Waals surface area contributed by atoms with Crippen molar-refractivity contribution in [2.75, 3.05) is 5.73 Å². The molecule has 1 rings (SSSR count). The van der Waals surface area contributed by atoms with Crippen LogP contribution < -0.4 is 5.73 Å². The molecular weight excluding hydrogens is 104 g/mol. The highest BCUT2D eigenvalue weighted by Gasteiger charge is 1.92. The fraction of sp³-hybridized carbons (Fsp3) is 0. The van der Waals surface area contributed by atoms with E-state index in [2.05, 4.69) is 4.98 Å². The fourth-order valence-electron chi connectivity index (χ4n) is 0.394. The molecule has 3 nitrogen and oxygen atoms in total. The van der Waals surface area contributed by atoms with Crippen molar-refractivity contribution >= 4 is 5.69 Å². The first kappa shape index (κ1) is 4.90. The van der Waals surface area contributed by atoms with Crippen LogP contribution in [0.1, 0.15) is 0 Å². The van der Waals surface area contributed by atoms with Crippen molar-refractivity contribution in [3.63, 3.8) is 0 Å². The summed E-state index contributed by atoms with van der Waals surface area (Å²) in [7, 11) is 0. The summed E-state index contributed by atoms with van der Waals surface area (Å²) in [6, 6.07) is 1.33. The van der Waals surface area contributed by atoms with E-state index in [1.54, 1.807) is 0 Å². The van der Waals surface area contributed by atoms with Crippen LogP contribution in [0.4, 0.5) is 5.69 Å². The van der Waals surface area contributed by atoms with E-state index in [1.165, 1.54) is 18.5 Å². The van der Waals surface area contributed by atoms with Crippen molar-refractivity contribution in [2.24, 2.45) is 0 Å².